The van der Waals surface area contributed by atoms with E-state index in [1.807, 2.05) is 7.05 Å². The van der Waals surface area contributed by atoms with Gasteiger partial charge in [0.05, 0.1) is 0 Å². The minimum Gasteiger partial charge on any atom is -0.356 e. The molecule has 0 spiro atoms. The Hall–Kier alpha value is -0.730. The molecule has 0 aromatic rings. The fraction of sp³-hybridized carbons (Fsp3) is 0.929. The van der Waals surface area contributed by atoms with Crippen LogP contribution < -0.4 is 5.32 Å². The Labute approximate surface area is 106 Å². The Bertz CT molecular complexity index is 248. The van der Waals surface area contributed by atoms with Crippen LogP contribution in [-0.4, -0.2) is 37.5 Å². The van der Waals surface area contributed by atoms with Gasteiger partial charge in [-0.15, -0.1) is 0 Å². The van der Waals surface area contributed by atoms with Gasteiger partial charge in [-0.05, 0) is 31.1 Å². The van der Waals surface area contributed by atoms with Gasteiger partial charge in [-0.2, -0.15) is 0 Å². The maximum absolute atomic E-state index is 4.43. The van der Waals surface area contributed by atoms with Crippen LogP contribution in [-0.2, 0) is 0 Å². The van der Waals surface area contributed by atoms with E-state index < -0.39 is 0 Å². The second kappa shape index (κ2) is 6.27. The molecule has 1 N–H and O–H groups in total. The maximum atomic E-state index is 4.43. The molecule has 2 rings (SSSR count). The predicted octanol–water partition coefficient (Wildman–Crippen LogP) is 2.48. The minimum absolute atomic E-state index is 0.938. The normalized spacial score (nSPS) is 29.3. The third-order valence-corrected chi connectivity index (χ3v) is 4.30. The number of rotatable bonds is 3. The molecule has 3 heteroatoms. The molecular formula is C14H27N3. The van der Waals surface area contributed by atoms with Crippen LogP contribution in [0.4, 0.5) is 0 Å². The zero-order valence-electron chi connectivity index (χ0n) is 11.4. The van der Waals surface area contributed by atoms with E-state index in [2.05, 4.69) is 22.1 Å². The van der Waals surface area contributed by atoms with Crippen molar-refractivity contribution in [3.8, 4) is 0 Å². The highest BCUT2D eigenvalue weighted by Gasteiger charge is 2.35. The van der Waals surface area contributed by atoms with Crippen molar-refractivity contribution in [2.75, 3.05) is 26.7 Å². The molecule has 0 aromatic heterocycles. The lowest BCUT2D eigenvalue weighted by atomic mass is 9.82. The molecule has 1 saturated carbocycles. The van der Waals surface area contributed by atoms with Crippen LogP contribution in [0.15, 0.2) is 4.99 Å². The lowest BCUT2D eigenvalue weighted by Gasteiger charge is -2.22. The molecule has 1 saturated heterocycles. The molecule has 1 aliphatic carbocycles. The van der Waals surface area contributed by atoms with Crippen LogP contribution >= 0.6 is 0 Å². The molecule has 2 unspecified atom stereocenters. The van der Waals surface area contributed by atoms with Gasteiger partial charge in [0, 0.05) is 26.7 Å². The molecule has 2 atom stereocenters. The number of fused-ring (bicyclic) bond motifs is 1. The number of nitrogens with zero attached hydrogens (tertiary/aromatic N) is 2. The first-order valence-corrected chi connectivity index (χ1v) is 7.30. The van der Waals surface area contributed by atoms with Crippen molar-refractivity contribution < 1.29 is 0 Å². The Morgan fingerprint density at radius 1 is 1.24 bits per heavy atom. The molecule has 98 valence electrons. The van der Waals surface area contributed by atoms with Crippen molar-refractivity contribution in [1.82, 2.24) is 10.2 Å². The molecule has 2 aliphatic rings. The summed E-state index contributed by atoms with van der Waals surface area (Å²) < 4.78 is 0. The summed E-state index contributed by atoms with van der Waals surface area (Å²) in [5.74, 6) is 3.01. The minimum atomic E-state index is 0.938. The van der Waals surface area contributed by atoms with E-state index in [1.165, 1.54) is 51.6 Å². The number of hydrogen-bond acceptors (Lipinski definition) is 1. The molecular weight excluding hydrogens is 210 g/mol. The summed E-state index contributed by atoms with van der Waals surface area (Å²) >= 11 is 0. The van der Waals surface area contributed by atoms with E-state index in [-0.39, 0.29) is 0 Å². The first kappa shape index (κ1) is 12.7. The van der Waals surface area contributed by atoms with Crippen LogP contribution in [0.2, 0.25) is 0 Å². The van der Waals surface area contributed by atoms with Crippen LogP contribution in [0.3, 0.4) is 0 Å². The molecule has 0 bridgehead atoms. The van der Waals surface area contributed by atoms with E-state index in [0.29, 0.717) is 0 Å². The average Bonchev–Trinajstić information content (AvgIpc) is 2.78. The molecule has 0 amide bonds. The van der Waals surface area contributed by atoms with Crippen LogP contribution in [0.25, 0.3) is 0 Å². The van der Waals surface area contributed by atoms with Crippen molar-refractivity contribution in [3.05, 3.63) is 0 Å². The Morgan fingerprint density at radius 2 is 1.88 bits per heavy atom. The summed E-state index contributed by atoms with van der Waals surface area (Å²) in [5, 5.41) is 3.50. The SMILES string of the molecule is CCCCNC(=NC)N1CC2CCCCC2C1. The number of aliphatic imine (C=N–C) groups is 1. The van der Waals surface area contributed by atoms with E-state index in [4.69, 9.17) is 0 Å². The van der Waals surface area contributed by atoms with E-state index in [9.17, 15) is 0 Å². The molecule has 2 fully saturated rings. The fourth-order valence-electron chi connectivity index (χ4n) is 3.29. The quantitative estimate of drug-likeness (QED) is 0.464. The highest BCUT2D eigenvalue weighted by molar-refractivity contribution is 5.80. The summed E-state index contributed by atoms with van der Waals surface area (Å²) in [6.45, 7) is 5.76. The Balaban J connectivity index is 1.84. The van der Waals surface area contributed by atoms with Gasteiger partial charge in [0.25, 0.3) is 0 Å². The van der Waals surface area contributed by atoms with Gasteiger partial charge in [0.15, 0.2) is 5.96 Å². The Morgan fingerprint density at radius 3 is 2.41 bits per heavy atom. The van der Waals surface area contributed by atoms with Gasteiger partial charge in [-0.3, -0.25) is 4.99 Å². The largest absolute Gasteiger partial charge is 0.356 e. The van der Waals surface area contributed by atoms with Crippen molar-refractivity contribution >= 4 is 5.96 Å². The van der Waals surface area contributed by atoms with Crippen LogP contribution in [0.5, 0.6) is 0 Å². The monoisotopic (exact) mass is 237 g/mol. The lowest BCUT2D eigenvalue weighted by molar-refractivity contribution is 0.299. The number of unbranched alkanes of at least 4 members (excludes halogenated alkanes) is 1. The van der Waals surface area contributed by atoms with Gasteiger partial charge in [-0.1, -0.05) is 26.2 Å². The third-order valence-electron chi connectivity index (χ3n) is 4.30. The van der Waals surface area contributed by atoms with Crippen molar-refractivity contribution in [3.63, 3.8) is 0 Å². The van der Waals surface area contributed by atoms with Gasteiger partial charge >= 0.3 is 0 Å². The fourth-order valence-corrected chi connectivity index (χ4v) is 3.29. The van der Waals surface area contributed by atoms with Crippen molar-refractivity contribution in [2.45, 2.75) is 45.4 Å². The first-order valence-electron chi connectivity index (χ1n) is 7.30. The van der Waals surface area contributed by atoms with Gasteiger partial charge < -0.3 is 10.2 Å². The molecule has 0 radical (unpaired) electrons. The second-order valence-corrected chi connectivity index (χ2v) is 5.54. The van der Waals surface area contributed by atoms with Gasteiger partial charge in [0.2, 0.25) is 0 Å². The Kier molecular flexibility index (Phi) is 4.69. The number of likely N-dealkylation sites (tertiary alicyclic amines) is 1. The van der Waals surface area contributed by atoms with E-state index in [0.717, 1.165) is 24.3 Å². The molecule has 17 heavy (non-hydrogen) atoms. The smallest absolute Gasteiger partial charge is 0.193 e. The second-order valence-electron chi connectivity index (χ2n) is 5.54. The van der Waals surface area contributed by atoms with Crippen LogP contribution in [0, 0.1) is 11.8 Å². The highest BCUT2D eigenvalue weighted by atomic mass is 15.3. The van der Waals surface area contributed by atoms with Gasteiger partial charge in [0.1, 0.15) is 0 Å². The number of hydrogen-bond donors (Lipinski definition) is 1. The first-order chi connectivity index (χ1) is 8.35. The van der Waals surface area contributed by atoms with E-state index >= 15 is 0 Å². The summed E-state index contributed by atoms with van der Waals surface area (Å²) in [4.78, 5) is 6.91. The molecule has 1 heterocycles. The molecule has 0 aromatic carbocycles. The standard InChI is InChI=1S/C14H27N3/c1-3-4-9-16-14(15-2)17-10-12-7-5-6-8-13(12)11-17/h12-13H,3-11H2,1-2H3,(H,15,16). The van der Waals surface area contributed by atoms with Crippen LogP contribution in [0.1, 0.15) is 45.4 Å². The van der Waals surface area contributed by atoms with Crippen molar-refractivity contribution in [2.24, 2.45) is 16.8 Å². The molecule has 1 aliphatic heterocycles. The predicted molar refractivity (Wildman–Crippen MR) is 73.3 cm³/mol. The van der Waals surface area contributed by atoms with Crippen molar-refractivity contribution in [1.29, 1.82) is 0 Å². The van der Waals surface area contributed by atoms with E-state index in [1.54, 1.807) is 0 Å². The molecule has 3 nitrogen and oxygen atoms in total. The lowest BCUT2D eigenvalue weighted by Crippen LogP contribution is -2.40. The maximum Gasteiger partial charge on any atom is 0.193 e. The van der Waals surface area contributed by atoms with Gasteiger partial charge in [-0.25, -0.2) is 0 Å². The topological polar surface area (TPSA) is 27.6 Å². The zero-order chi connectivity index (χ0) is 12.1. The summed E-state index contributed by atoms with van der Waals surface area (Å²) in [5.41, 5.74) is 0. The average molecular weight is 237 g/mol. The number of nitrogens with one attached hydrogen (secondary N) is 1. The summed E-state index contributed by atoms with van der Waals surface area (Å²) in [7, 11) is 1.91. The summed E-state index contributed by atoms with van der Waals surface area (Å²) in [6.07, 6.45) is 8.24. The summed E-state index contributed by atoms with van der Waals surface area (Å²) in [6, 6.07) is 0. The third kappa shape index (κ3) is 3.14. The zero-order valence-corrected chi connectivity index (χ0v) is 11.4. The number of guanidine groups is 1. The highest BCUT2D eigenvalue weighted by Crippen LogP contribution is 2.35.